The molecule has 6 heterocycles. The molecule has 1 atom stereocenters. The van der Waals surface area contributed by atoms with Crippen LogP contribution in [0.1, 0.15) is 39.1 Å². The van der Waals surface area contributed by atoms with Crippen molar-refractivity contribution < 1.29 is 28.7 Å². The number of piperidine rings is 1. The van der Waals surface area contributed by atoms with Gasteiger partial charge in [0.05, 0.1) is 36.3 Å². The number of pyridine rings is 2. The fourth-order valence-electron chi connectivity index (χ4n) is 8.05. The van der Waals surface area contributed by atoms with Crippen molar-refractivity contribution in [2.75, 3.05) is 71.5 Å². The van der Waals surface area contributed by atoms with Gasteiger partial charge in [-0.3, -0.25) is 53.7 Å². The van der Waals surface area contributed by atoms with Crippen LogP contribution >= 0.6 is 11.9 Å². The summed E-state index contributed by atoms with van der Waals surface area (Å²) < 4.78 is 16.9. The maximum Gasteiger partial charge on any atom is 0.262 e. The Morgan fingerprint density at radius 3 is 2.32 bits per heavy atom. The Labute approximate surface area is 328 Å². The number of nitrogens with zero attached hydrogens (tertiary/aromatic N) is 6. The normalized spacial score (nSPS) is 19.4. The molecule has 4 aliphatic heterocycles. The van der Waals surface area contributed by atoms with E-state index in [1.54, 1.807) is 62.3 Å². The Balaban J connectivity index is 0.793. The summed E-state index contributed by atoms with van der Waals surface area (Å²) in [7, 11) is 5.08. The summed E-state index contributed by atoms with van der Waals surface area (Å²) in [6.45, 7) is 7.64. The molecular weight excluding hydrogens is 737 g/mol. The number of nitrogens with one attached hydrogen (secondary N) is 2. The summed E-state index contributed by atoms with van der Waals surface area (Å²) in [6.07, 6.45) is 5.37. The number of fused-ring (bicyclic) bond motifs is 2. The lowest BCUT2D eigenvalue weighted by atomic mass is 9.98. The van der Waals surface area contributed by atoms with Gasteiger partial charge in [0, 0.05) is 107 Å². The molecule has 1 unspecified atom stereocenters. The molecular formula is C40H44N8O7S. The molecule has 3 saturated heterocycles. The van der Waals surface area contributed by atoms with Gasteiger partial charge >= 0.3 is 0 Å². The Morgan fingerprint density at radius 1 is 0.875 bits per heavy atom. The number of aromatic nitrogens is 2. The highest BCUT2D eigenvalue weighted by Crippen LogP contribution is 2.39. The second-order valence-corrected chi connectivity index (χ2v) is 15.8. The molecule has 292 valence electrons. The largest absolute Gasteiger partial charge is 0.496 e. The third kappa shape index (κ3) is 7.13. The molecule has 0 radical (unpaired) electrons. The van der Waals surface area contributed by atoms with Crippen molar-refractivity contribution in [1.29, 1.82) is 0 Å². The molecule has 15 nitrogen and oxygen atoms in total. The van der Waals surface area contributed by atoms with E-state index < -0.39 is 29.7 Å². The molecule has 4 amide bonds. The van der Waals surface area contributed by atoms with Crippen LogP contribution in [-0.4, -0.2) is 126 Å². The number of likely N-dealkylation sites (tertiary alicyclic amines) is 1. The van der Waals surface area contributed by atoms with Crippen molar-refractivity contribution in [1.82, 2.24) is 34.3 Å². The van der Waals surface area contributed by atoms with Crippen LogP contribution in [-0.2, 0) is 23.2 Å². The van der Waals surface area contributed by atoms with E-state index in [0.29, 0.717) is 28.3 Å². The minimum Gasteiger partial charge on any atom is -0.496 e. The summed E-state index contributed by atoms with van der Waals surface area (Å²) >= 11 is 1.78. The van der Waals surface area contributed by atoms with E-state index in [0.717, 1.165) is 96.5 Å². The Hall–Kier alpha value is -5.29. The molecule has 0 saturated carbocycles. The maximum atomic E-state index is 13.3. The van der Waals surface area contributed by atoms with Crippen LogP contribution in [0.15, 0.2) is 59.8 Å². The Morgan fingerprint density at radius 2 is 1.61 bits per heavy atom. The average molecular weight is 781 g/mol. The van der Waals surface area contributed by atoms with Gasteiger partial charge in [-0.05, 0) is 53.8 Å². The summed E-state index contributed by atoms with van der Waals surface area (Å²) in [5, 5.41) is 4.09. The first-order chi connectivity index (χ1) is 27.1. The van der Waals surface area contributed by atoms with Crippen LogP contribution in [0.25, 0.3) is 21.9 Å². The van der Waals surface area contributed by atoms with E-state index in [1.807, 2.05) is 30.5 Å². The van der Waals surface area contributed by atoms with Crippen LogP contribution in [0.4, 0.5) is 5.69 Å². The van der Waals surface area contributed by atoms with Gasteiger partial charge in [0.15, 0.2) is 0 Å². The number of amides is 4. The third-order valence-corrected chi connectivity index (χ3v) is 12.2. The van der Waals surface area contributed by atoms with Gasteiger partial charge < -0.3 is 18.9 Å². The minimum absolute atomic E-state index is 0.0919. The van der Waals surface area contributed by atoms with Crippen LogP contribution in [0.2, 0.25) is 0 Å². The van der Waals surface area contributed by atoms with E-state index in [9.17, 15) is 24.0 Å². The molecule has 8 rings (SSSR count). The number of benzene rings is 2. The van der Waals surface area contributed by atoms with Crippen LogP contribution in [0.5, 0.6) is 11.5 Å². The predicted octanol–water partition coefficient (Wildman–Crippen LogP) is 2.26. The molecule has 16 heteroatoms. The molecule has 4 aromatic rings. The number of carbonyl (C=O) groups excluding carboxylic acids is 4. The zero-order valence-electron chi connectivity index (χ0n) is 31.6. The summed E-state index contributed by atoms with van der Waals surface area (Å²) in [5.74, 6) is -0.506. The molecule has 3 fully saturated rings. The molecule has 56 heavy (non-hydrogen) atoms. The second kappa shape index (κ2) is 15.7. The number of anilines is 1. The number of rotatable bonds is 12. The van der Waals surface area contributed by atoms with Gasteiger partial charge in [-0.2, -0.15) is 0 Å². The number of piperazine rings is 1. The quantitative estimate of drug-likeness (QED) is 0.123. The van der Waals surface area contributed by atoms with Crippen LogP contribution in [0.3, 0.4) is 0 Å². The maximum absolute atomic E-state index is 13.3. The van der Waals surface area contributed by atoms with Gasteiger partial charge in [0.1, 0.15) is 17.5 Å². The first-order valence-corrected chi connectivity index (χ1v) is 19.6. The van der Waals surface area contributed by atoms with Crippen LogP contribution in [0, 0.1) is 0 Å². The number of imide groups is 2. The number of hydrogen-bond acceptors (Lipinski definition) is 13. The smallest absolute Gasteiger partial charge is 0.262 e. The van der Waals surface area contributed by atoms with Gasteiger partial charge in [-0.15, -0.1) is 0 Å². The first-order valence-electron chi connectivity index (χ1n) is 18.8. The Bertz CT molecular complexity index is 2260. The van der Waals surface area contributed by atoms with Gasteiger partial charge in [0.2, 0.25) is 11.8 Å². The highest BCUT2D eigenvalue weighted by atomic mass is 32.2. The van der Waals surface area contributed by atoms with Crippen molar-refractivity contribution in [3.8, 4) is 22.6 Å². The fourth-order valence-corrected chi connectivity index (χ4v) is 9.07. The lowest BCUT2D eigenvalue weighted by Crippen LogP contribution is -2.54. The third-order valence-electron chi connectivity index (χ3n) is 11.1. The molecule has 2 N–H and O–H groups in total. The molecule has 2 aromatic carbocycles. The standard InChI is InChI=1S/C40H44N8O7S/c1-44-22-31(27-8-9-41-19-30(27)38(44)51)24-16-34(54-2)32(35(17-24)55-3)23-46-20-26(21-46)56-42-10-11-45-12-14-47(15-13-45)25-4-5-28-29(18-25)40(53)48(39(28)52)33-6-7-36(49)43-37(33)50/h4-5,8-9,16-19,22,26,33,42H,6-7,10-15,20-21,23H2,1-3H3,(H,43,49,50). The van der Waals surface area contributed by atoms with Crippen molar-refractivity contribution in [3.63, 3.8) is 0 Å². The predicted molar refractivity (Wildman–Crippen MR) is 212 cm³/mol. The molecule has 2 aromatic heterocycles. The molecule has 0 bridgehead atoms. The monoisotopic (exact) mass is 780 g/mol. The van der Waals surface area contributed by atoms with E-state index in [4.69, 9.17) is 9.47 Å². The number of methoxy groups -OCH3 is 2. The number of aryl methyl sites for hydroxylation is 1. The highest BCUT2D eigenvalue weighted by Gasteiger charge is 2.45. The van der Waals surface area contributed by atoms with Crippen LogP contribution < -0.4 is 30.0 Å². The van der Waals surface area contributed by atoms with E-state index in [1.165, 1.54) is 0 Å². The van der Waals surface area contributed by atoms with E-state index in [-0.39, 0.29) is 18.4 Å². The number of ether oxygens (including phenoxy) is 2. The summed E-state index contributed by atoms with van der Waals surface area (Å²) in [4.78, 5) is 75.3. The average Bonchev–Trinajstić information content (AvgIpc) is 3.44. The van der Waals surface area contributed by atoms with Gasteiger partial charge in [0.25, 0.3) is 17.4 Å². The Kier molecular flexibility index (Phi) is 10.5. The summed E-state index contributed by atoms with van der Waals surface area (Å²) in [5.41, 5.74) is 4.16. The van der Waals surface area contributed by atoms with Gasteiger partial charge in [-0.25, -0.2) is 0 Å². The van der Waals surface area contributed by atoms with E-state index >= 15 is 0 Å². The highest BCUT2D eigenvalue weighted by molar-refractivity contribution is 7.98. The summed E-state index contributed by atoms with van der Waals surface area (Å²) in [6, 6.07) is 10.2. The van der Waals surface area contributed by atoms with Crippen molar-refractivity contribution in [2.24, 2.45) is 7.05 Å². The topological polar surface area (TPSA) is 159 Å². The first kappa shape index (κ1) is 37.6. The lowest BCUT2D eigenvalue weighted by Gasteiger charge is -2.39. The fraction of sp³-hybridized carbons (Fsp3) is 0.400. The SMILES string of the molecule is COc1cc(-c2cn(C)c(=O)c3cnccc23)cc(OC)c1CN1CC(SNCCN2CCN(c3ccc4c(c3)C(=O)N(C3CCC(=O)NC3=O)C4=O)CC2)C1. The zero-order chi connectivity index (χ0) is 39.1. The molecule has 0 aliphatic carbocycles. The molecule has 0 spiro atoms. The van der Waals surface area contributed by atoms with Crippen molar-refractivity contribution in [2.45, 2.75) is 30.7 Å². The second-order valence-electron chi connectivity index (χ2n) is 14.6. The van der Waals surface area contributed by atoms with Gasteiger partial charge in [-0.1, -0.05) is 11.9 Å². The number of carbonyl (C=O) groups is 4. The zero-order valence-corrected chi connectivity index (χ0v) is 32.4. The van der Waals surface area contributed by atoms with Crippen molar-refractivity contribution >= 4 is 52.0 Å². The van der Waals surface area contributed by atoms with E-state index in [2.05, 4.69) is 29.7 Å². The lowest BCUT2D eigenvalue weighted by molar-refractivity contribution is -0.136. The van der Waals surface area contributed by atoms with Crippen molar-refractivity contribution in [3.05, 3.63) is 82.0 Å². The number of hydrogen-bond donors (Lipinski definition) is 2. The minimum atomic E-state index is -0.972. The molecule has 4 aliphatic rings.